The van der Waals surface area contributed by atoms with Crippen molar-refractivity contribution in [3.8, 4) is 0 Å². The van der Waals surface area contributed by atoms with Gasteiger partial charge in [-0.25, -0.2) is 5.84 Å². The molecule has 8 heteroatoms. The van der Waals surface area contributed by atoms with Crippen molar-refractivity contribution in [1.29, 1.82) is 0 Å². The van der Waals surface area contributed by atoms with Gasteiger partial charge in [0.2, 0.25) is 17.8 Å². The topological polar surface area (TPSA) is 101 Å². The smallest absolute Gasteiger partial charge is 0.243 e. The number of nitrogen functional groups attached to an aromatic ring is 1. The summed E-state index contributed by atoms with van der Waals surface area (Å²) in [5.41, 5.74) is 2.49. The zero-order chi connectivity index (χ0) is 14.4. The molecular weight excluding hydrogens is 258 g/mol. The Bertz CT molecular complexity index is 422. The summed E-state index contributed by atoms with van der Waals surface area (Å²) in [5, 5.41) is 3.23. The highest BCUT2D eigenvalue weighted by Gasteiger charge is 2.16. The summed E-state index contributed by atoms with van der Waals surface area (Å²) in [7, 11) is 0. The SMILES string of the molecule is CCC(C)CNc1nc(NN)nc(N2CCOCC2)n1. The number of aromatic nitrogens is 3. The van der Waals surface area contributed by atoms with Crippen molar-refractivity contribution in [2.24, 2.45) is 11.8 Å². The Hall–Kier alpha value is -1.67. The number of hydrogen-bond acceptors (Lipinski definition) is 8. The zero-order valence-corrected chi connectivity index (χ0v) is 12.1. The molecule has 112 valence electrons. The molecule has 4 N–H and O–H groups in total. The van der Waals surface area contributed by atoms with Crippen molar-refractivity contribution >= 4 is 17.8 Å². The zero-order valence-electron chi connectivity index (χ0n) is 12.1. The molecule has 1 unspecified atom stereocenters. The fourth-order valence-corrected chi connectivity index (χ4v) is 1.82. The van der Waals surface area contributed by atoms with Crippen LogP contribution in [0.5, 0.6) is 0 Å². The first-order valence-electron chi connectivity index (χ1n) is 7.02. The number of hydrogen-bond donors (Lipinski definition) is 3. The first kappa shape index (κ1) is 14.7. The Morgan fingerprint density at radius 1 is 1.25 bits per heavy atom. The molecule has 2 rings (SSSR count). The third-order valence-electron chi connectivity index (χ3n) is 3.35. The molecule has 1 aliphatic heterocycles. The van der Waals surface area contributed by atoms with Crippen LogP contribution < -0.4 is 21.5 Å². The van der Waals surface area contributed by atoms with Crippen LogP contribution in [-0.4, -0.2) is 47.8 Å². The van der Waals surface area contributed by atoms with Crippen molar-refractivity contribution in [2.45, 2.75) is 20.3 Å². The van der Waals surface area contributed by atoms with Gasteiger partial charge in [-0.15, -0.1) is 0 Å². The number of nitrogens with zero attached hydrogens (tertiary/aromatic N) is 4. The second-order valence-corrected chi connectivity index (χ2v) is 4.92. The van der Waals surface area contributed by atoms with Crippen LogP contribution in [0.3, 0.4) is 0 Å². The average Bonchev–Trinajstić information content (AvgIpc) is 2.53. The molecule has 1 atom stereocenters. The number of nitrogens with two attached hydrogens (primary N) is 1. The molecule has 0 amide bonds. The van der Waals surface area contributed by atoms with E-state index in [1.54, 1.807) is 0 Å². The molecule has 2 heterocycles. The van der Waals surface area contributed by atoms with Gasteiger partial charge < -0.3 is 15.0 Å². The van der Waals surface area contributed by atoms with E-state index in [0.29, 0.717) is 37.0 Å². The molecule has 0 radical (unpaired) electrons. The van der Waals surface area contributed by atoms with E-state index >= 15 is 0 Å². The maximum absolute atomic E-state index is 5.43. The second kappa shape index (κ2) is 7.20. The van der Waals surface area contributed by atoms with E-state index in [4.69, 9.17) is 10.6 Å². The van der Waals surface area contributed by atoms with Crippen molar-refractivity contribution in [3.63, 3.8) is 0 Å². The van der Waals surface area contributed by atoms with Gasteiger partial charge in [-0.05, 0) is 5.92 Å². The van der Waals surface area contributed by atoms with E-state index in [9.17, 15) is 0 Å². The summed E-state index contributed by atoms with van der Waals surface area (Å²) in [4.78, 5) is 15.0. The molecule has 0 spiro atoms. The van der Waals surface area contributed by atoms with Crippen molar-refractivity contribution in [2.75, 3.05) is 48.5 Å². The van der Waals surface area contributed by atoms with Crippen LogP contribution in [0, 0.1) is 5.92 Å². The Morgan fingerprint density at radius 2 is 1.95 bits per heavy atom. The molecule has 0 aliphatic carbocycles. The van der Waals surface area contributed by atoms with Gasteiger partial charge in [0.15, 0.2) is 0 Å². The summed E-state index contributed by atoms with van der Waals surface area (Å²) < 4.78 is 5.33. The molecule has 8 nitrogen and oxygen atoms in total. The largest absolute Gasteiger partial charge is 0.378 e. The van der Waals surface area contributed by atoms with Gasteiger partial charge in [-0.2, -0.15) is 15.0 Å². The number of rotatable bonds is 6. The molecule has 20 heavy (non-hydrogen) atoms. The molecular formula is C12H23N7O. The van der Waals surface area contributed by atoms with Crippen LogP contribution >= 0.6 is 0 Å². The van der Waals surface area contributed by atoms with Gasteiger partial charge in [0.25, 0.3) is 0 Å². The first-order chi connectivity index (χ1) is 9.72. The molecule has 1 aromatic rings. The lowest BCUT2D eigenvalue weighted by atomic mass is 10.1. The van der Waals surface area contributed by atoms with Crippen LogP contribution in [0.2, 0.25) is 0 Å². The highest BCUT2D eigenvalue weighted by atomic mass is 16.5. The van der Waals surface area contributed by atoms with Crippen molar-refractivity contribution < 1.29 is 4.74 Å². The van der Waals surface area contributed by atoms with E-state index < -0.39 is 0 Å². The Labute approximate surface area is 119 Å². The summed E-state index contributed by atoms with van der Waals surface area (Å²) in [6, 6.07) is 0. The Balaban J connectivity index is 2.10. The molecule has 1 fully saturated rings. The lowest BCUT2D eigenvalue weighted by Crippen LogP contribution is -2.37. The molecule has 1 saturated heterocycles. The monoisotopic (exact) mass is 281 g/mol. The van der Waals surface area contributed by atoms with E-state index in [0.717, 1.165) is 26.1 Å². The third-order valence-corrected chi connectivity index (χ3v) is 3.35. The summed E-state index contributed by atoms with van der Waals surface area (Å²) in [5.74, 6) is 7.54. The number of morpholine rings is 1. The molecule has 0 saturated carbocycles. The predicted molar refractivity (Wildman–Crippen MR) is 78.6 cm³/mol. The highest BCUT2D eigenvalue weighted by Crippen LogP contribution is 2.15. The molecule has 0 bridgehead atoms. The van der Waals surface area contributed by atoms with E-state index in [1.165, 1.54) is 0 Å². The average molecular weight is 281 g/mol. The molecule has 0 aromatic carbocycles. The normalized spacial score (nSPS) is 16.9. The summed E-state index contributed by atoms with van der Waals surface area (Å²) in [6.45, 7) is 8.09. The van der Waals surface area contributed by atoms with Crippen LogP contribution in [0.15, 0.2) is 0 Å². The minimum atomic E-state index is 0.369. The second-order valence-electron chi connectivity index (χ2n) is 4.92. The highest BCUT2D eigenvalue weighted by molar-refractivity contribution is 5.43. The minimum absolute atomic E-state index is 0.369. The van der Waals surface area contributed by atoms with Gasteiger partial charge in [0.05, 0.1) is 13.2 Å². The number of ether oxygens (including phenoxy) is 1. The maximum atomic E-state index is 5.43. The Kier molecular flexibility index (Phi) is 5.31. The number of hydrazine groups is 1. The van der Waals surface area contributed by atoms with E-state index in [-0.39, 0.29) is 0 Å². The van der Waals surface area contributed by atoms with Crippen molar-refractivity contribution in [1.82, 2.24) is 15.0 Å². The maximum Gasteiger partial charge on any atom is 0.243 e. The summed E-state index contributed by atoms with van der Waals surface area (Å²) in [6.07, 6.45) is 1.11. The number of anilines is 3. The van der Waals surface area contributed by atoms with E-state index in [2.05, 4.69) is 44.4 Å². The lowest BCUT2D eigenvalue weighted by Gasteiger charge is -2.27. The van der Waals surface area contributed by atoms with Crippen LogP contribution in [0.4, 0.5) is 17.8 Å². The fourth-order valence-electron chi connectivity index (χ4n) is 1.82. The fraction of sp³-hybridized carbons (Fsp3) is 0.750. The molecule has 1 aromatic heterocycles. The van der Waals surface area contributed by atoms with Crippen LogP contribution in [-0.2, 0) is 4.74 Å². The van der Waals surface area contributed by atoms with Gasteiger partial charge in [-0.1, -0.05) is 20.3 Å². The quantitative estimate of drug-likeness (QED) is 0.510. The minimum Gasteiger partial charge on any atom is -0.378 e. The standard InChI is InChI=1S/C12H23N7O/c1-3-9(2)8-14-10-15-11(18-13)17-12(16-10)19-4-6-20-7-5-19/h9H,3-8,13H2,1-2H3,(H2,14,15,16,17,18). The van der Waals surface area contributed by atoms with Crippen LogP contribution in [0.1, 0.15) is 20.3 Å². The van der Waals surface area contributed by atoms with E-state index in [1.807, 2.05) is 0 Å². The van der Waals surface area contributed by atoms with Crippen LogP contribution in [0.25, 0.3) is 0 Å². The third kappa shape index (κ3) is 3.91. The van der Waals surface area contributed by atoms with Gasteiger partial charge in [0, 0.05) is 19.6 Å². The number of nitrogens with one attached hydrogen (secondary N) is 2. The Morgan fingerprint density at radius 3 is 2.60 bits per heavy atom. The molecule has 1 aliphatic rings. The van der Waals surface area contributed by atoms with Gasteiger partial charge >= 0.3 is 0 Å². The van der Waals surface area contributed by atoms with Gasteiger partial charge in [-0.3, -0.25) is 5.43 Å². The predicted octanol–water partition coefficient (Wildman–Crippen LogP) is 0.452. The first-order valence-corrected chi connectivity index (χ1v) is 7.02. The van der Waals surface area contributed by atoms with Crippen molar-refractivity contribution in [3.05, 3.63) is 0 Å². The van der Waals surface area contributed by atoms with Gasteiger partial charge in [0.1, 0.15) is 0 Å². The summed E-state index contributed by atoms with van der Waals surface area (Å²) >= 11 is 0. The lowest BCUT2D eigenvalue weighted by molar-refractivity contribution is 0.122.